The van der Waals surface area contributed by atoms with Crippen molar-refractivity contribution >= 4 is 0 Å². The fourth-order valence-corrected chi connectivity index (χ4v) is 2.74. The lowest BCUT2D eigenvalue weighted by atomic mass is 10.0. The predicted octanol–water partition coefficient (Wildman–Crippen LogP) is 3.80. The first-order valence-electron chi connectivity index (χ1n) is 7.73. The van der Waals surface area contributed by atoms with Crippen molar-refractivity contribution in [3.8, 4) is 5.75 Å². The highest BCUT2D eigenvalue weighted by Crippen LogP contribution is 2.23. The van der Waals surface area contributed by atoms with Gasteiger partial charge >= 0.3 is 0 Å². The normalized spacial score (nSPS) is 16.8. The molecule has 3 rings (SSSR count). The Hall–Kier alpha value is -2.33. The van der Waals surface area contributed by atoms with Crippen LogP contribution in [0.5, 0.6) is 5.75 Å². The highest BCUT2D eigenvalue weighted by Gasteiger charge is 2.17. The van der Waals surface area contributed by atoms with Crippen LogP contribution in [-0.2, 0) is 17.7 Å². The minimum absolute atomic E-state index is 0.00275. The van der Waals surface area contributed by atoms with Gasteiger partial charge in [0.2, 0.25) is 0 Å². The molecule has 23 heavy (non-hydrogen) atoms. The molecule has 0 spiro atoms. The molecule has 0 amide bonds. The Bertz CT molecular complexity index is 699. The summed E-state index contributed by atoms with van der Waals surface area (Å²) in [6.07, 6.45) is 4.42. The van der Waals surface area contributed by atoms with Crippen LogP contribution in [0.2, 0.25) is 0 Å². The zero-order chi connectivity index (χ0) is 16.1. The molecule has 2 aromatic rings. The summed E-state index contributed by atoms with van der Waals surface area (Å²) in [4.78, 5) is 5.59. The first kappa shape index (κ1) is 15.6. The molecule has 0 aliphatic carbocycles. The van der Waals surface area contributed by atoms with Crippen LogP contribution in [-0.4, -0.2) is 13.2 Å². The Labute approximate surface area is 135 Å². The molecule has 0 saturated heterocycles. The highest BCUT2D eigenvalue weighted by atomic mass is 19.1. The van der Waals surface area contributed by atoms with Crippen LogP contribution >= 0.6 is 0 Å². The Morgan fingerprint density at radius 3 is 2.87 bits per heavy atom. The Morgan fingerprint density at radius 2 is 2.04 bits per heavy atom. The number of hydrogen-bond donors (Lipinski definition) is 1. The Morgan fingerprint density at radius 1 is 1.17 bits per heavy atom. The molecule has 4 heteroatoms. The summed E-state index contributed by atoms with van der Waals surface area (Å²) >= 11 is 0. The fourth-order valence-electron chi connectivity index (χ4n) is 2.74. The second-order valence-corrected chi connectivity index (χ2v) is 5.61. The number of para-hydroxylation sites is 1. The summed E-state index contributed by atoms with van der Waals surface area (Å²) in [5, 5.41) is 0. The fraction of sp³-hybridized carbons (Fsp3) is 0.263. The molecule has 0 aromatic heterocycles. The van der Waals surface area contributed by atoms with Gasteiger partial charge in [-0.2, -0.15) is 0 Å². The van der Waals surface area contributed by atoms with Crippen molar-refractivity contribution in [3.05, 3.63) is 77.2 Å². The Balaban J connectivity index is 1.58. The summed E-state index contributed by atoms with van der Waals surface area (Å²) in [5.74, 6) is 0.679. The molecule has 0 radical (unpaired) electrons. The molecule has 1 unspecified atom stereocenters. The maximum Gasteiger partial charge on any atom is 0.123 e. The maximum absolute atomic E-state index is 13.2. The first-order chi connectivity index (χ1) is 11.2. The van der Waals surface area contributed by atoms with Gasteiger partial charge in [-0.1, -0.05) is 30.3 Å². The van der Waals surface area contributed by atoms with E-state index in [9.17, 15) is 4.39 Å². The van der Waals surface area contributed by atoms with E-state index < -0.39 is 0 Å². The molecular formula is C19H20FNO2. The van der Waals surface area contributed by atoms with Gasteiger partial charge < -0.3 is 4.74 Å². The van der Waals surface area contributed by atoms with Crippen LogP contribution < -0.4 is 10.2 Å². The van der Waals surface area contributed by atoms with E-state index in [0.29, 0.717) is 0 Å². The van der Waals surface area contributed by atoms with Crippen LogP contribution in [0, 0.1) is 5.82 Å². The molecule has 1 N–H and O–H groups in total. The number of rotatable bonds is 6. The van der Waals surface area contributed by atoms with E-state index in [-0.39, 0.29) is 11.9 Å². The molecule has 0 bridgehead atoms. The minimum atomic E-state index is -0.194. The second-order valence-electron chi connectivity index (χ2n) is 5.61. The zero-order valence-electron chi connectivity index (χ0n) is 13.1. The lowest BCUT2D eigenvalue weighted by molar-refractivity contribution is 0.0375. The number of ether oxygens (including phenoxy) is 1. The van der Waals surface area contributed by atoms with E-state index in [0.717, 1.165) is 41.8 Å². The number of hydroxylamine groups is 1. The summed E-state index contributed by atoms with van der Waals surface area (Å²) in [6, 6.07) is 14.7. The van der Waals surface area contributed by atoms with Crippen LogP contribution in [0.1, 0.15) is 17.5 Å². The van der Waals surface area contributed by atoms with E-state index in [1.807, 2.05) is 30.3 Å². The van der Waals surface area contributed by atoms with Gasteiger partial charge in [-0.25, -0.2) is 4.39 Å². The molecule has 0 saturated carbocycles. The number of benzene rings is 2. The molecule has 1 heterocycles. The third-order valence-corrected chi connectivity index (χ3v) is 3.91. The number of methoxy groups -OCH3 is 1. The number of halogens is 1. The van der Waals surface area contributed by atoms with Crippen molar-refractivity contribution in [2.75, 3.05) is 7.11 Å². The van der Waals surface area contributed by atoms with E-state index in [1.165, 1.54) is 6.07 Å². The average molecular weight is 313 g/mol. The topological polar surface area (TPSA) is 30.5 Å². The SMILES string of the molecule is COc1ccccc1CC1=CC(CCc2cccc(F)c2)ON1. The van der Waals surface area contributed by atoms with E-state index >= 15 is 0 Å². The lowest BCUT2D eigenvalue weighted by Gasteiger charge is -2.09. The quantitative estimate of drug-likeness (QED) is 0.880. The number of allylic oxidation sites excluding steroid dienone is 1. The van der Waals surface area contributed by atoms with Crippen molar-refractivity contribution in [2.24, 2.45) is 0 Å². The average Bonchev–Trinajstić information content (AvgIpc) is 3.01. The van der Waals surface area contributed by atoms with Gasteiger partial charge in [0, 0.05) is 17.7 Å². The largest absolute Gasteiger partial charge is 0.496 e. The van der Waals surface area contributed by atoms with E-state index in [4.69, 9.17) is 9.57 Å². The van der Waals surface area contributed by atoms with Crippen molar-refractivity contribution in [2.45, 2.75) is 25.4 Å². The standard InChI is InChI=1S/C19H20FNO2/c1-22-19-8-3-2-6-15(19)12-17-13-18(23-21-17)10-9-14-5-4-7-16(20)11-14/h2-8,11,13,18,21H,9-10,12H2,1H3. The van der Waals surface area contributed by atoms with Crippen molar-refractivity contribution in [3.63, 3.8) is 0 Å². The summed E-state index contributed by atoms with van der Waals surface area (Å²) < 4.78 is 18.5. The molecule has 0 fully saturated rings. The number of aryl methyl sites for hydroxylation is 1. The van der Waals surface area contributed by atoms with Gasteiger partial charge in [0.1, 0.15) is 17.7 Å². The van der Waals surface area contributed by atoms with Crippen LogP contribution in [0.4, 0.5) is 4.39 Å². The summed E-state index contributed by atoms with van der Waals surface area (Å²) in [5.41, 5.74) is 6.11. The van der Waals surface area contributed by atoms with E-state index in [1.54, 1.807) is 19.2 Å². The van der Waals surface area contributed by atoms with Gasteiger partial charge in [0.05, 0.1) is 7.11 Å². The zero-order valence-corrected chi connectivity index (χ0v) is 13.1. The van der Waals surface area contributed by atoms with Crippen molar-refractivity contribution in [1.82, 2.24) is 5.48 Å². The summed E-state index contributed by atoms with van der Waals surface area (Å²) in [6.45, 7) is 0. The van der Waals surface area contributed by atoms with Gasteiger partial charge in [-0.3, -0.25) is 10.3 Å². The Kier molecular flexibility index (Phi) is 4.93. The van der Waals surface area contributed by atoms with Gasteiger partial charge in [0.25, 0.3) is 0 Å². The highest BCUT2D eigenvalue weighted by molar-refractivity contribution is 5.36. The molecule has 1 atom stereocenters. The maximum atomic E-state index is 13.2. The third-order valence-electron chi connectivity index (χ3n) is 3.91. The second kappa shape index (κ2) is 7.29. The van der Waals surface area contributed by atoms with Crippen LogP contribution in [0.15, 0.2) is 60.3 Å². The minimum Gasteiger partial charge on any atom is -0.496 e. The third kappa shape index (κ3) is 4.11. The molecule has 1 aliphatic heterocycles. The van der Waals surface area contributed by atoms with Gasteiger partial charge in [-0.15, -0.1) is 0 Å². The van der Waals surface area contributed by atoms with Gasteiger partial charge in [0.15, 0.2) is 0 Å². The molecule has 2 aromatic carbocycles. The van der Waals surface area contributed by atoms with Crippen LogP contribution in [0.3, 0.4) is 0 Å². The molecule has 120 valence electrons. The monoisotopic (exact) mass is 313 g/mol. The lowest BCUT2D eigenvalue weighted by Crippen LogP contribution is -2.14. The van der Waals surface area contributed by atoms with Gasteiger partial charge in [-0.05, 0) is 42.7 Å². The predicted molar refractivity (Wildman–Crippen MR) is 87.5 cm³/mol. The molecule has 1 aliphatic rings. The smallest absolute Gasteiger partial charge is 0.123 e. The number of nitrogens with one attached hydrogen (secondary N) is 1. The molecule has 3 nitrogen and oxygen atoms in total. The number of hydrogen-bond acceptors (Lipinski definition) is 3. The van der Waals surface area contributed by atoms with Crippen LogP contribution in [0.25, 0.3) is 0 Å². The van der Waals surface area contributed by atoms with E-state index in [2.05, 4.69) is 11.6 Å². The molecular weight excluding hydrogens is 293 g/mol. The first-order valence-corrected chi connectivity index (χ1v) is 7.73. The van der Waals surface area contributed by atoms with Crippen molar-refractivity contribution in [1.29, 1.82) is 0 Å². The summed E-state index contributed by atoms with van der Waals surface area (Å²) in [7, 11) is 1.67. The van der Waals surface area contributed by atoms with Crippen molar-refractivity contribution < 1.29 is 14.0 Å².